The van der Waals surface area contributed by atoms with E-state index in [1.54, 1.807) is 4.57 Å². The third-order valence-corrected chi connectivity index (χ3v) is 1.99. The molecule has 0 saturated heterocycles. The predicted molar refractivity (Wildman–Crippen MR) is 65.5 cm³/mol. The Balaban J connectivity index is 0.00000106. The van der Waals surface area contributed by atoms with Crippen LogP contribution in [-0.2, 0) is 7.05 Å². The van der Waals surface area contributed by atoms with E-state index in [0.29, 0.717) is 18.7 Å². The molecule has 0 bridgehead atoms. The smallest absolute Gasteiger partial charge is 0.267 e. The Bertz CT molecular complexity index is 319. The zero-order valence-corrected chi connectivity index (χ0v) is 10.6. The molecule has 0 radical (unpaired) electrons. The molecule has 0 spiro atoms. The molecule has 4 nitrogen and oxygen atoms in total. The van der Waals surface area contributed by atoms with Crippen LogP contribution in [0.25, 0.3) is 0 Å². The van der Waals surface area contributed by atoms with Crippen molar-refractivity contribution in [2.45, 2.75) is 27.2 Å². The third-order valence-electron chi connectivity index (χ3n) is 1.99. The number of rotatable bonds is 4. The summed E-state index contributed by atoms with van der Waals surface area (Å²) in [6.07, 6.45) is 2.50. The van der Waals surface area contributed by atoms with Crippen molar-refractivity contribution in [3.63, 3.8) is 0 Å². The van der Waals surface area contributed by atoms with E-state index < -0.39 is 0 Å². The quantitative estimate of drug-likeness (QED) is 0.764. The van der Waals surface area contributed by atoms with Gasteiger partial charge in [-0.1, -0.05) is 13.8 Å². The van der Waals surface area contributed by atoms with Crippen molar-refractivity contribution >= 4 is 5.91 Å². The number of nitrogens with one attached hydrogen (secondary N) is 1. The van der Waals surface area contributed by atoms with Crippen LogP contribution in [0, 0.1) is 6.92 Å². The van der Waals surface area contributed by atoms with Gasteiger partial charge in [0.05, 0.1) is 0 Å². The van der Waals surface area contributed by atoms with Gasteiger partial charge >= 0.3 is 0 Å². The number of nitrogens with zero attached hydrogens (tertiary/aromatic N) is 1. The van der Waals surface area contributed by atoms with Gasteiger partial charge < -0.3 is 15.0 Å². The highest BCUT2D eigenvalue weighted by Crippen LogP contribution is 2.05. The van der Waals surface area contributed by atoms with Gasteiger partial charge in [0.25, 0.3) is 5.91 Å². The van der Waals surface area contributed by atoms with Crippen molar-refractivity contribution in [2.24, 2.45) is 7.05 Å². The summed E-state index contributed by atoms with van der Waals surface area (Å²) in [5, 5.41) is 11.3. The zero-order chi connectivity index (χ0) is 12.6. The molecule has 1 aromatic rings. The molecule has 1 aromatic heterocycles. The van der Waals surface area contributed by atoms with Gasteiger partial charge in [0.1, 0.15) is 5.69 Å². The summed E-state index contributed by atoms with van der Waals surface area (Å²) >= 11 is 0. The lowest BCUT2D eigenvalue weighted by atomic mass is 10.3. The van der Waals surface area contributed by atoms with Crippen LogP contribution < -0.4 is 5.32 Å². The van der Waals surface area contributed by atoms with E-state index in [9.17, 15) is 4.79 Å². The minimum Gasteiger partial charge on any atom is -0.396 e. The second kappa shape index (κ2) is 7.93. The third kappa shape index (κ3) is 4.49. The maximum atomic E-state index is 11.5. The SMILES string of the molecule is CC.Cc1cc(C(=O)NCCCO)n(C)c1. The molecule has 0 aromatic carbocycles. The van der Waals surface area contributed by atoms with Crippen LogP contribution in [-0.4, -0.2) is 28.7 Å². The summed E-state index contributed by atoms with van der Waals surface area (Å²) in [7, 11) is 1.84. The standard InChI is InChI=1S/C10H16N2O2.C2H6/c1-8-6-9(12(2)7-8)10(14)11-4-3-5-13;1-2/h6-7,13H,3-5H2,1-2H3,(H,11,14);1-2H3. The molecule has 16 heavy (non-hydrogen) atoms. The highest BCUT2D eigenvalue weighted by molar-refractivity contribution is 5.92. The van der Waals surface area contributed by atoms with Gasteiger partial charge in [0, 0.05) is 26.4 Å². The highest BCUT2D eigenvalue weighted by atomic mass is 16.3. The van der Waals surface area contributed by atoms with Crippen molar-refractivity contribution in [2.75, 3.05) is 13.2 Å². The van der Waals surface area contributed by atoms with Crippen molar-refractivity contribution < 1.29 is 9.90 Å². The minimum absolute atomic E-state index is 0.0888. The topological polar surface area (TPSA) is 54.3 Å². The van der Waals surface area contributed by atoms with Crippen molar-refractivity contribution in [3.8, 4) is 0 Å². The second-order valence-electron chi connectivity index (χ2n) is 3.35. The summed E-state index contributed by atoms with van der Waals surface area (Å²) in [6.45, 7) is 6.57. The van der Waals surface area contributed by atoms with Gasteiger partial charge in [0.2, 0.25) is 0 Å². The lowest BCUT2D eigenvalue weighted by Crippen LogP contribution is -2.26. The molecule has 0 aliphatic carbocycles. The Morgan fingerprint density at radius 3 is 2.56 bits per heavy atom. The van der Waals surface area contributed by atoms with Crippen LogP contribution in [0.1, 0.15) is 36.3 Å². The first-order chi connectivity index (χ1) is 7.65. The molecule has 1 heterocycles. The average Bonchev–Trinajstić information content (AvgIpc) is 2.61. The molecule has 1 amide bonds. The van der Waals surface area contributed by atoms with Gasteiger partial charge in [-0.3, -0.25) is 4.79 Å². The molecule has 2 N–H and O–H groups in total. The van der Waals surface area contributed by atoms with Crippen LogP contribution in [0.15, 0.2) is 12.3 Å². The fourth-order valence-electron chi connectivity index (χ4n) is 1.33. The molecule has 0 saturated carbocycles. The van der Waals surface area contributed by atoms with Crippen molar-refractivity contribution in [1.82, 2.24) is 9.88 Å². The Labute approximate surface area is 97.3 Å². The number of aliphatic hydroxyl groups excluding tert-OH is 1. The van der Waals surface area contributed by atoms with Crippen LogP contribution in [0.2, 0.25) is 0 Å². The maximum absolute atomic E-state index is 11.5. The summed E-state index contributed by atoms with van der Waals surface area (Å²) in [5.74, 6) is -0.0888. The largest absolute Gasteiger partial charge is 0.396 e. The molecule has 0 unspecified atom stereocenters. The number of aromatic nitrogens is 1. The van der Waals surface area contributed by atoms with Crippen molar-refractivity contribution in [3.05, 3.63) is 23.5 Å². The monoisotopic (exact) mass is 226 g/mol. The van der Waals surface area contributed by atoms with Gasteiger partial charge in [-0.25, -0.2) is 0 Å². The number of carbonyl (C=O) groups is 1. The van der Waals surface area contributed by atoms with E-state index in [4.69, 9.17) is 5.11 Å². The number of carbonyl (C=O) groups excluding carboxylic acids is 1. The van der Waals surface area contributed by atoms with E-state index in [1.807, 2.05) is 40.1 Å². The number of aliphatic hydroxyl groups is 1. The van der Waals surface area contributed by atoms with E-state index in [0.717, 1.165) is 5.56 Å². The molecule has 0 aliphatic heterocycles. The first kappa shape index (κ1) is 14.7. The number of amides is 1. The van der Waals surface area contributed by atoms with Crippen LogP contribution in [0.4, 0.5) is 0 Å². The molecule has 0 aliphatic rings. The summed E-state index contributed by atoms with van der Waals surface area (Å²) in [4.78, 5) is 11.5. The summed E-state index contributed by atoms with van der Waals surface area (Å²) in [5.41, 5.74) is 1.72. The molecular weight excluding hydrogens is 204 g/mol. The van der Waals surface area contributed by atoms with E-state index in [-0.39, 0.29) is 12.5 Å². The van der Waals surface area contributed by atoms with E-state index >= 15 is 0 Å². The number of hydrogen-bond donors (Lipinski definition) is 2. The first-order valence-electron chi connectivity index (χ1n) is 5.67. The highest BCUT2D eigenvalue weighted by Gasteiger charge is 2.08. The fourth-order valence-corrected chi connectivity index (χ4v) is 1.33. The number of hydrogen-bond acceptors (Lipinski definition) is 2. The van der Waals surface area contributed by atoms with Gasteiger partial charge in [-0.2, -0.15) is 0 Å². The zero-order valence-electron chi connectivity index (χ0n) is 10.6. The Morgan fingerprint density at radius 2 is 2.12 bits per heavy atom. The molecule has 1 rings (SSSR count). The molecule has 92 valence electrons. The van der Waals surface area contributed by atoms with Gasteiger partial charge in [-0.05, 0) is 25.0 Å². The molecule has 4 heteroatoms. The Morgan fingerprint density at radius 1 is 1.50 bits per heavy atom. The van der Waals surface area contributed by atoms with Gasteiger partial charge in [0.15, 0.2) is 0 Å². The lowest BCUT2D eigenvalue weighted by Gasteiger charge is -2.04. The average molecular weight is 226 g/mol. The molecule has 0 fully saturated rings. The van der Waals surface area contributed by atoms with Crippen LogP contribution in [0.5, 0.6) is 0 Å². The fraction of sp³-hybridized carbons (Fsp3) is 0.583. The first-order valence-corrected chi connectivity index (χ1v) is 5.67. The number of aryl methyl sites for hydroxylation is 2. The summed E-state index contributed by atoms with van der Waals surface area (Å²) in [6, 6.07) is 1.84. The van der Waals surface area contributed by atoms with Crippen LogP contribution in [0.3, 0.4) is 0 Å². The summed E-state index contributed by atoms with van der Waals surface area (Å²) < 4.78 is 1.80. The van der Waals surface area contributed by atoms with Gasteiger partial charge in [-0.15, -0.1) is 0 Å². The molecule has 0 atom stereocenters. The van der Waals surface area contributed by atoms with E-state index in [2.05, 4.69) is 5.32 Å². The predicted octanol–water partition coefficient (Wildman–Crippen LogP) is 1.47. The Hall–Kier alpha value is -1.29. The minimum atomic E-state index is -0.0888. The van der Waals surface area contributed by atoms with Crippen molar-refractivity contribution in [1.29, 1.82) is 0 Å². The Kier molecular flexibility index (Phi) is 7.29. The maximum Gasteiger partial charge on any atom is 0.267 e. The van der Waals surface area contributed by atoms with E-state index in [1.165, 1.54) is 0 Å². The van der Waals surface area contributed by atoms with Crippen LogP contribution >= 0.6 is 0 Å². The second-order valence-corrected chi connectivity index (χ2v) is 3.35. The normalized spacial score (nSPS) is 9.31. The molecular formula is C12H22N2O2. The lowest BCUT2D eigenvalue weighted by molar-refractivity contribution is 0.0943.